The lowest BCUT2D eigenvalue weighted by Crippen LogP contribution is -2.43. The maximum Gasteiger partial charge on any atom is 0.306 e. The fourth-order valence-corrected chi connectivity index (χ4v) is 2.53. The van der Waals surface area contributed by atoms with Crippen LogP contribution in [0.25, 0.3) is 0 Å². The third kappa shape index (κ3) is 4.30. The summed E-state index contributed by atoms with van der Waals surface area (Å²) in [6.45, 7) is 4.57. The highest BCUT2D eigenvalue weighted by molar-refractivity contribution is 7.86. The van der Waals surface area contributed by atoms with Gasteiger partial charge in [-0.05, 0) is 17.7 Å². The van der Waals surface area contributed by atoms with Crippen LogP contribution in [0, 0.1) is 0 Å². The van der Waals surface area contributed by atoms with Crippen LogP contribution in [-0.2, 0) is 19.6 Å². The van der Waals surface area contributed by atoms with E-state index in [1.807, 2.05) is 0 Å². The molecule has 1 aliphatic heterocycles. The molecule has 114 valence electrons. The van der Waals surface area contributed by atoms with E-state index in [9.17, 15) is 13.2 Å². The zero-order valence-electron chi connectivity index (χ0n) is 11.7. The van der Waals surface area contributed by atoms with Gasteiger partial charge in [0.15, 0.2) is 0 Å². The quantitative estimate of drug-likeness (QED) is 0.601. The van der Waals surface area contributed by atoms with Gasteiger partial charge < -0.3 is 13.8 Å². The first-order valence-electron chi connectivity index (χ1n) is 6.39. The van der Waals surface area contributed by atoms with Crippen LogP contribution in [0.3, 0.4) is 0 Å². The number of hydrogen-bond donors (Lipinski definition) is 0. The van der Waals surface area contributed by atoms with Gasteiger partial charge in [0.25, 0.3) is 0 Å². The van der Waals surface area contributed by atoms with E-state index in [0.717, 1.165) is 11.8 Å². The predicted molar refractivity (Wildman–Crippen MR) is 77.4 cm³/mol. The van der Waals surface area contributed by atoms with Crippen molar-refractivity contribution < 1.29 is 22.1 Å². The molecular formula is C14H17NO5S. The summed E-state index contributed by atoms with van der Waals surface area (Å²) in [7, 11) is -3.53. The molecule has 0 spiro atoms. The van der Waals surface area contributed by atoms with Crippen molar-refractivity contribution in [2.75, 3.05) is 26.0 Å². The maximum atomic E-state index is 11.6. The van der Waals surface area contributed by atoms with Crippen LogP contribution in [0.1, 0.15) is 11.7 Å². The smallest absolute Gasteiger partial charge is 0.306 e. The molecule has 0 aromatic heterocycles. The van der Waals surface area contributed by atoms with Gasteiger partial charge >= 0.3 is 10.1 Å². The minimum atomic E-state index is -3.53. The van der Waals surface area contributed by atoms with Crippen molar-refractivity contribution in [3.8, 4) is 5.75 Å². The Morgan fingerprint density at radius 1 is 1.43 bits per heavy atom. The molecule has 0 N–H and O–H groups in total. The molecule has 0 aliphatic carbocycles. The number of morpholine rings is 1. The molecule has 0 unspecified atom stereocenters. The minimum absolute atomic E-state index is 0.0279. The molecule has 0 bridgehead atoms. The Kier molecular flexibility index (Phi) is 4.64. The van der Waals surface area contributed by atoms with Gasteiger partial charge in [-0.1, -0.05) is 18.2 Å². The van der Waals surface area contributed by atoms with Crippen molar-refractivity contribution in [3.05, 3.63) is 42.5 Å². The van der Waals surface area contributed by atoms with E-state index in [1.165, 1.54) is 0 Å². The van der Waals surface area contributed by atoms with Gasteiger partial charge in [0.05, 0.1) is 12.8 Å². The van der Waals surface area contributed by atoms with Crippen molar-refractivity contribution >= 4 is 16.0 Å². The number of hydrogen-bond acceptors (Lipinski definition) is 5. The van der Waals surface area contributed by atoms with Crippen molar-refractivity contribution in [1.82, 2.24) is 4.90 Å². The third-order valence-corrected chi connectivity index (χ3v) is 3.49. The minimum Gasteiger partial charge on any atom is -0.383 e. The average Bonchev–Trinajstić information content (AvgIpc) is 2.41. The molecule has 1 atom stereocenters. The summed E-state index contributed by atoms with van der Waals surface area (Å²) in [4.78, 5) is 13.3. The molecule has 2 rings (SSSR count). The lowest BCUT2D eigenvalue weighted by molar-refractivity contribution is -0.148. The summed E-state index contributed by atoms with van der Waals surface area (Å²) in [5, 5.41) is 0. The van der Waals surface area contributed by atoms with Crippen LogP contribution in [0.2, 0.25) is 0 Å². The highest BCUT2D eigenvalue weighted by atomic mass is 32.2. The molecule has 21 heavy (non-hydrogen) atoms. The standard InChI is InChI=1S/C14H17NO5S/c1-3-8-15-9-13(19-10-14(15)16)11-4-6-12(7-5-11)20-21(2,17)18/h3-7,13H,1,8-10H2,2H3/t13-/m1/s1. The highest BCUT2D eigenvalue weighted by Gasteiger charge is 2.26. The van der Waals surface area contributed by atoms with E-state index in [2.05, 4.69) is 6.58 Å². The topological polar surface area (TPSA) is 72.9 Å². The predicted octanol–water partition coefficient (Wildman–Crippen LogP) is 1.11. The molecule has 1 aliphatic rings. The SMILES string of the molecule is C=CCN1C[C@H](c2ccc(OS(C)(=O)=O)cc2)OCC1=O. The fraction of sp³-hybridized carbons (Fsp3) is 0.357. The van der Waals surface area contributed by atoms with Crippen molar-refractivity contribution in [2.24, 2.45) is 0 Å². The number of nitrogens with zero attached hydrogens (tertiary/aromatic N) is 1. The Bertz CT molecular complexity index is 623. The molecule has 6 nitrogen and oxygen atoms in total. The summed E-state index contributed by atoms with van der Waals surface area (Å²) < 4.78 is 32.4. The van der Waals surface area contributed by atoms with E-state index in [1.54, 1.807) is 35.2 Å². The monoisotopic (exact) mass is 311 g/mol. The van der Waals surface area contributed by atoms with Gasteiger partial charge in [0, 0.05) is 6.54 Å². The molecule has 0 radical (unpaired) electrons. The molecule has 1 aromatic carbocycles. The first-order valence-corrected chi connectivity index (χ1v) is 8.20. The zero-order valence-corrected chi connectivity index (χ0v) is 12.5. The Morgan fingerprint density at radius 2 is 2.10 bits per heavy atom. The van der Waals surface area contributed by atoms with Crippen LogP contribution in [0.4, 0.5) is 0 Å². The van der Waals surface area contributed by atoms with Crippen LogP contribution in [0.5, 0.6) is 5.75 Å². The molecular weight excluding hydrogens is 294 g/mol. The Labute approximate surface area is 124 Å². The Hall–Kier alpha value is -1.86. The maximum absolute atomic E-state index is 11.6. The fourth-order valence-electron chi connectivity index (χ4n) is 2.06. The van der Waals surface area contributed by atoms with Crippen LogP contribution < -0.4 is 4.18 Å². The largest absolute Gasteiger partial charge is 0.383 e. The second kappa shape index (κ2) is 6.28. The van der Waals surface area contributed by atoms with Crippen LogP contribution >= 0.6 is 0 Å². The van der Waals surface area contributed by atoms with E-state index in [0.29, 0.717) is 13.1 Å². The second-order valence-corrected chi connectivity index (χ2v) is 6.32. The van der Waals surface area contributed by atoms with Crippen molar-refractivity contribution in [1.29, 1.82) is 0 Å². The van der Waals surface area contributed by atoms with E-state index in [4.69, 9.17) is 8.92 Å². The van der Waals surface area contributed by atoms with Crippen LogP contribution in [0.15, 0.2) is 36.9 Å². The first-order chi connectivity index (χ1) is 9.89. The number of amides is 1. The van der Waals surface area contributed by atoms with Crippen molar-refractivity contribution in [2.45, 2.75) is 6.10 Å². The summed E-state index contributed by atoms with van der Waals surface area (Å²) >= 11 is 0. The summed E-state index contributed by atoms with van der Waals surface area (Å²) in [6, 6.07) is 6.59. The number of carbonyl (C=O) groups excluding carboxylic acids is 1. The van der Waals surface area contributed by atoms with Gasteiger partial charge in [-0.3, -0.25) is 4.79 Å². The van der Waals surface area contributed by atoms with E-state index < -0.39 is 10.1 Å². The van der Waals surface area contributed by atoms with Crippen molar-refractivity contribution in [3.63, 3.8) is 0 Å². The summed E-state index contributed by atoms with van der Waals surface area (Å²) in [5.41, 5.74) is 0.859. The Morgan fingerprint density at radius 3 is 2.67 bits per heavy atom. The molecule has 0 saturated carbocycles. The highest BCUT2D eigenvalue weighted by Crippen LogP contribution is 2.25. The van der Waals surface area contributed by atoms with Gasteiger partial charge in [-0.15, -0.1) is 6.58 Å². The normalized spacial score (nSPS) is 19.4. The average molecular weight is 311 g/mol. The van der Waals surface area contributed by atoms with Gasteiger partial charge in [0.1, 0.15) is 18.5 Å². The summed E-state index contributed by atoms with van der Waals surface area (Å²) in [5.74, 6) is 0.180. The summed E-state index contributed by atoms with van der Waals surface area (Å²) in [6.07, 6.45) is 2.42. The zero-order chi connectivity index (χ0) is 15.5. The molecule has 1 aromatic rings. The first kappa shape index (κ1) is 15.5. The van der Waals surface area contributed by atoms with E-state index >= 15 is 0 Å². The van der Waals surface area contributed by atoms with Gasteiger partial charge in [0.2, 0.25) is 5.91 Å². The molecule has 7 heteroatoms. The van der Waals surface area contributed by atoms with Crippen LogP contribution in [-0.4, -0.2) is 45.2 Å². The number of carbonyl (C=O) groups is 1. The van der Waals surface area contributed by atoms with Gasteiger partial charge in [-0.2, -0.15) is 8.42 Å². The lowest BCUT2D eigenvalue weighted by atomic mass is 10.1. The number of rotatable bonds is 5. The van der Waals surface area contributed by atoms with E-state index in [-0.39, 0.29) is 24.4 Å². The molecule has 1 amide bonds. The Balaban J connectivity index is 2.08. The van der Waals surface area contributed by atoms with Gasteiger partial charge in [-0.25, -0.2) is 0 Å². The third-order valence-electron chi connectivity index (χ3n) is 3.00. The molecule has 1 fully saturated rings. The lowest BCUT2D eigenvalue weighted by Gasteiger charge is -2.32. The molecule has 1 heterocycles. The number of benzene rings is 1. The number of ether oxygens (including phenoxy) is 1. The second-order valence-electron chi connectivity index (χ2n) is 4.74. The molecule has 1 saturated heterocycles.